The van der Waals surface area contributed by atoms with Crippen molar-refractivity contribution in [1.29, 1.82) is 0 Å². The highest BCUT2D eigenvalue weighted by Gasteiger charge is 2.00. The summed E-state index contributed by atoms with van der Waals surface area (Å²) in [4.78, 5) is 8.46. The van der Waals surface area contributed by atoms with Crippen molar-refractivity contribution in [2.45, 2.75) is 6.92 Å². The van der Waals surface area contributed by atoms with Gasteiger partial charge in [0.15, 0.2) is 0 Å². The third-order valence-corrected chi connectivity index (χ3v) is 2.19. The topological polar surface area (TPSA) is 37.8 Å². The first-order valence-corrected chi connectivity index (χ1v) is 4.87. The molecule has 1 aromatic carbocycles. The van der Waals surface area contributed by atoms with Gasteiger partial charge in [0.1, 0.15) is 0 Å². The molecular weight excluding hydrogens is 186 g/mol. The number of nitrogens with one attached hydrogen (secondary N) is 1. The van der Waals surface area contributed by atoms with E-state index in [0.717, 1.165) is 11.3 Å². The molecule has 0 radical (unpaired) electrons. The van der Waals surface area contributed by atoms with Crippen LogP contribution in [0.3, 0.4) is 0 Å². The number of aromatic nitrogens is 2. The first-order chi connectivity index (χ1) is 7.29. The Morgan fingerprint density at radius 1 is 1.20 bits per heavy atom. The van der Waals surface area contributed by atoms with Gasteiger partial charge in [-0.1, -0.05) is 23.8 Å². The van der Waals surface area contributed by atoms with Gasteiger partial charge in [-0.2, -0.15) is 0 Å². The average Bonchev–Trinajstić information content (AvgIpc) is 2.29. The van der Waals surface area contributed by atoms with E-state index in [4.69, 9.17) is 0 Å². The zero-order valence-electron chi connectivity index (χ0n) is 8.86. The quantitative estimate of drug-likeness (QED) is 0.807. The third kappa shape index (κ3) is 2.13. The highest BCUT2D eigenvalue weighted by atomic mass is 15.1. The number of anilines is 1. The maximum Gasteiger partial charge on any atom is 0.222 e. The molecule has 0 unspecified atom stereocenters. The van der Waals surface area contributed by atoms with Crippen molar-refractivity contribution in [1.82, 2.24) is 9.97 Å². The molecule has 15 heavy (non-hydrogen) atoms. The molecule has 3 heteroatoms. The minimum absolute atomic E-state index is 0.647. The molecule has 0 aliphatic rings. The lowest BCUT2D eigenvalue weighted by Crippen LogP contribution is -1.96. The molecule has 0 aliphatic heterocycles. The Hall–Kier alpha value is -1.90. The van der Waals surface area contributed by atoms with Crippen LogP contribution in [0.15, 0.2) is 36.5 Å². The molecule has 0 saturated carbocycles. The van der Waals surface area contributed by atoms with E-state index in [1.807, 2.05) is 19.2 Å². The van der Waals surface area contributed by atoms with Gasteiger partial charge in [-0.15, -0.1) is 0 Å². The van der Waals surface area contributed by atoms with Crippen LogP contribution in [0.4, 0.5) is 5.95 Å². The van der Waals surface area contributed by atoms with Crippen molar-refractivity contribution in [3.63, 3.8) is 0 Å². The fourth-order valence-corrected chi connectivity index (χ4v) is 1.44. The SMILES string of the molecule is CNc1nccc(-c2cccc(C)c2)n1. The fraction of sp³-hybridized carbons (Fsp3) is 0.167. The molecular formula is C12H13N3. The van der Waals surface area contributed by atoms with E-state index in [9.17, 15) is 0 Å². The summed E-state index contributed by atoms with van der Waals surface area (Å²) >= 11 is 0. The summed E-state index contributed by atoms with van der Waals surface area (Å²) in [6.45, 7) is 2.07. The van der Waals surface area contributed by atoms with Gasteiger partial charge in [0.05, 0.1) is 5.69 Å². The molecule has 1 aromatic heterocycles. The van der Waals surface area contributed by atoms with Gasteiger partial charge >= 0.3 is 0 Å². The Kier molecular flexibility index (Phi) is 2.63. The van der Waals surface area contributed by atoms with Crippen LogP contribution in [0.25, 0.3) is 11.3 Å². The molecule has 2 aromatic rings. The minimum Gasteiger partial charge on any atom is -0.357 e. The molecule has 0 spiro atoms. The zero-order valence-corrected chi connectivity index (χ0v) is 8.86. The Balaban J connectivity index is 2.44. The van der Waals surface area contributed by atoms with Crippen LogP contribution in [0.1, 0.15) is 5.56 Å². The van der Waals surface area contributed by atoms with Crippen LogP contribution >= 0.6 is 0 Å². The number of benzene rings is 1. The van der Waals surface area contributed by atoms with Crippen molar-refractivity contribution in [2.75, 3.05) is 12.4 Å². The second kappa shape index (κ2) is 4.09. The van der Waals surface area contributed by atoms with Crippen LogP contribution < -0.4 is 5.32 Å². The summed E-state index contributed by atoms with van der Waals surface area (Å²) in [5, 5.41) is 2.93. The van der Waals surface area contributed by atoms with E-state index in [1.54, 1.807) is 6.20 Å². The van der Waals surface area contributed by atoms with Crippen LogP contribution in [0.5, 0.6) is 0 Å². The minimum atomic E-state index is 0.647. The summed E-state index contributed by atoms with van der Waals surface area (Å²) in [6, 6.07) is 10.2. The Bertz CT molecular complexity index is 466. The van der Waals surface area contributed by atoms with Crippen molar-refractivity contribution < 1.29 is 0 Å². The molecule has 1 N–H and O–H groups in total. The molecule has 0 amide bonds. The van der Waals surface area contributed by atoms with Gasteiger partial charge in [0.25, 0.3) is 0 Å². The highest BCUT2D eigenvalue weighted by Crippen LogP contribution is 2.18. The lowest BCUT2D eigenvalue weighted by molar-refractivity contribution is 1.15. The molecule has 0 aliphatic carbocycles. The molecule has 0 atom stereocenters. The molecule has 0 fully saturated rings. The van der Waals surface area contributed by atoms with Gasteiger partial charge < -0.3 is 5.32 Å². The first-order valence-electron chi connectivity index (χ1n) is 4.87. The average molecular weight is 199 g/mol. The number of hydrogen-bond donors (Lipinski definition) is 1. The summed E-state index contributed by atoms with van der Waals surface area (Å²) in [7, 11) is 1.81. The third-order valence-electron chi connectivity index (χ3n) is 2.19. The maximum atomic E-state index is 4.38. The predicted molar refractivity (Wildman–Crippen MR) is 61.8 cm³/mol. The number of hydrogen-bond acceptors (Lipinski definition) is 3. The lowest BCUT2D eigenvalue weighted by Gasteiger charge is -2.03. The summed E-state index contributed by atoms with van der Waals surface area (Å²) in [5.41, 5.74) is 3.30. The second-order valence-corrected chi connectivity index (χ2v) is 3.38. The molecule has 76 valence electrons. The molecule has 1 heterocycles. The second-order valence-electron chi connectivity index (χ2n) is 3.38. The molecule has 3 nitrogen and oxygen atoms in total. The Morgan fingerprint density at radius 3 is 2.80 bits per heavy atom. The molecule has 0 bridgehead atoms. The van der Waals surface area contributed by atoms with Gasteiger partial charge in [-0.05, 0) is 19.1 Å². The van der Waals surface area contributed by atoms with Crippen LogP contribution in [-0.4, -0.2) is 17.0 Å². The fourth-order valence-electron chi connectivity index (χ4n) is 1.44. The maximum absolute atomic E-state index is 4.38. The van der Waals surface area contributed by atoms with Crippen LogP contribution in [-0.2, 0) is 0 Å². The van der Waals surface area contributed by atoms with Gasteiger partial charge in [0.2, 0.25) is 5.95 Å². The van der Waals surface area contributed by atoms with Crippen molar-refractivity contribution in [2.24, 2.45) is 0 Å². The highest BCUT2D eigenvalue weighted by molar-refractivity contribution is 5.60. The molecule has 0 saturated heterocycles. The van der Waals surface area contributed by atoms with Gasteiger partial charge in [-0.25, -0.2) is 9.97 Å². The Morgan fingerprint density at radius 2 is 2.07 bits per heavy atom. The lowest BCUT2D eigenvalue weighted by atomic mass is 10.1. The zero-order chi connectivity index (χ0) is 10.7. The number of rotatable bonds is 2. The predicted octanol–water partition coefficient (Wildman–Crippen LogP) is 2.49. The number of nitrogens with zero attached hydrogens (tertiary/aromatic N) is 2. The van der Waals surface area contributed by atoms with Crippen LogP contribution in [0, 0.1) is 6.92 Å². The van der Waals surface area contributed by atoms with E-state index in [0.29, 0.717) is 5.95 Å². The summed E-state index contributed by atoms with van der Waals surface area (Å²) in [5.74, 6) is 0.647. The monoisotopic (exact) mass is 199 g/mol. The summed E-state index contributed by atoms with van der Waals surface area (Å²) in [6.07, 6.45) is 1.76. The molecule has 2 rings (SSSR count). The summed E-state index contributed by atoms with van der Waals surface area (Å²) < 4.78 is 0. The first kappa shape index (κ1) is 9.65. The van der Waals surface area contributed by atoms with E-state index < -0.39 is 0 Å². The van der Waals surface area contributed by atoms with Crippen LogP contribution in [0.2, 0.25) is 0 Å². The van der Waals surface area contributed by atoms with E-state index >= 15 is 0 Å². The smallest absolute Gasteiger partial charge is 0.222 e. The standard InChI is InChI=1S/C12H13N3/c1-9-4-3-5-10(8-9)11-6-7-14-12(13-2)15-11/h3-8H,1-2H3,(H,13,14,15). The normalized spacial score (nSPS) is 10.0. The van der Waals surface area contributed by atoms with E-state index in [-0.39, 0.29) is 0 Å². The van der Waals surface area contributed by atoms with E-state index in [1.165, 1.54) is 5.56 Å². The largest absolute Gasteiger partial charge is 0.357 e. The van der Waals surface area contributed by atoms with Gasteiger partial charge in [-0.3, -0.25) is 0 Å². The van der Waals surface area contributed by atoms with Crippen molar-refractivity contribution in [3.05, 3.63) is 42.1 Å². The van der Waals surface area contributed by atoms with Crippen molar-refractivity contribution in [3.8, 4) is 11.3 Å². The van der Waals surface area contributed by atoms with Crippen molar-refractivity contribution >= 4 is 5.95 Å². The van der Waals surface area contributed by atoms with E-state index in [2.05, 4.69) is 40.4 Å². The van der Waals surface area contributed by atoms with Gasteiger partial charge in [0, 0.05) is 18.8 Å². The number of aryl methyl sites for hydroxylation is 1. The Labute approximate surface area is 89.2 Å².